The van der Waals surface area contributed by atoms with Crippen LogP contribution in [-0.2, 0) is 6.42 Å². The predicted octanol–water partition coefficient (Wildman–Crippen LogP) is 3.21. The average Bonchev–Trinajstić information content (AvgIpc) is 2.77. The standard InChI is InChI=1S/C12H11F3N2OS/c13-12(14,15)18-9-3-1-8(2-4-9)10-7-19-11(17-10)5-6-16/h1-4,7H,5-6,16H2. The molecule has 0 saturated carbocycles. The summed E-state index contributed by atoms with van der Waals surface area (Å²) in [6.45, 7) is 0.519. The first-order chi connectivity index (χ1) is 8.98. The summed E-state index contributed by atoms with van der Waals surface area (Å²) in [5.74, 6) is -0.242. The lowest BCUT2D eigenvalue weighted by Crippen LogP contribution is -2.16. The molecule has 0 saturated heterocycles. The molecule has 0 unspecified atom stereocenters. The summed E-state index contributed by atoms with van der Waals surface area (Å²) in [4.78, 5) is 4.35. The zero-order valence-corrected chi connectivity index (χ0v) is 10.6. The van der Waals surface area contributed by atoms with Gasteiger partial charge in [-0.25, -0.2) is 4.98 Å². The van der Waals surface area contributed by atoms with E-state index in [4.69, 9.17) is 5.73 Å². The average molecular weight is 288 g/mol. The van der Waals surface area contributed by atoms with Gasteiger partial charge in [-0.05, 0) is 30.8 Å². The van der Waals surface area contributed by atoms with E-state index in [1.54, 1.807) is 12.1 Å². The number of hydrogen-bond acceptors (Lipinski definition) is 4. The molecule has 2 aromatic rings. The van der Waals surface area contributed by atoms with E-state index in [0.717, 1.165) is 16.3 Å². The zero-order chi connectivity index (χ0) is 13.9. The fraction of sp³-hybridized carbons (Fsp3) is 0.250. The number of thiazole rings is 1. The molecule has 1 aromatic heterocycles. The van der Waals surface area contributed by atoms with E-state index in [1.807, 2.05) is 5.38 Å². The van der Waals surface area contributed by atoms with Crippen LogP contribution in [0, 0.1) is 0 Å². The van der Waals surface area contributed by atoms with Gasteiger partial charge in [0.1, 0.15) is 5.75 Å². The van der Waals surface area contributed by atoms with Crippen molar-refractivity contribution in [2.24, 2.45) is 5.73 Å². The zero-order valence-electron chi connectivity index (χ0n) is 9.78. The summed E-state index contributed by atoms with van der Waals surface area (Å²) in [5.41, 5.74) is 6.90. The lowest BCUT2D eigenvalue weighted by atomic mass is 10.2. The molecule has 7 heteroatoms. The van der Waals surface area contributed by atoms with Crippen LogP contribution in [0.1, 0.15) is 5.01 Å². The van der Waals surface area contributed by atoms with Crippen LogP contribution in [0.5, 0.6) is 5.75 Å². The Morgan fingerprint density at radius 1 is 1.21 bits per heavy atom. The molecule has 1 aromatic carbocycles. The summed E-state index contributed by atoms with van der Waals surface area (Å²) in [6, 6.07) is 5.63. The van der Waals surface area contributed by atoms with E-state index >= 15 is 0 Å². The topological polar surface area (TPSA) is 48.1 Å². The highest BCUT2D eigenvalue weighted by molar-refractivity contribution is 7.09. The Balaban J connectivity index is 2.13. The lowest BCUT2D eigenvalue weighted by molar-refractivity contribution is -0.274. The molecule has 0 aliphatic heterocycles. The third-order valence-corrected chi connectivity index (χ3v) is 3.20. The number of aromatic nitrogens is 1. The van der Waals surface area contributed by atoms with Crippen molar-refractivity contribution in [3.05, 3.63) is 34.7 Å². The summed E-state index contributed by atoms with van der Waals surface area (Å²) in [5, 5.41) is 2.76. The number of nitrogens with two attached hydrogens (primary N) is 1. The van der Waals surface area contributed by atoms with Gasteiger partial charge >= 0.3 is 6.36 Å². The van der Waals surface area contributed by atoms with Gasteiger partial charge in [0.2, 0.25) is 0 Å². The fourth-order valence-corrected chi connectivity index (χ4v) is 2.33. The van der Waals surface area contributed by atoms with Crippen molar-refractivity contribution in [1.29, 1.82) is 0 Å². The Morgan fingerprint density at radius 2 is 1.89 bits per heavy atom. The monoisotopic (exact) mass is 288 g/mol. The molecule has 0 amide bonds. The van der Waals surface area contributed by atoms with Crippen LogP contribution in [0.15, 0.2) is 29.6 Å². The molecular formula is C12H11F3N2OS. The Kier molecular flexibility index (Phi) is 4.06. The number of nitrogens with zero attached hydrogens (tertiary/aromatic N) is 1. The molecule has 0 aliphatic rings. The van der Waals surface area contributed by atoms with Gasteiger partial charge < -0.3 is 10.5 Å². The second kappa shape index (κ2) is 5.58. The maximum Gasteiger partial charge on any atom is 0.573 e. The summed E-state index contributed by atoms with van der Waals surface area (Å²) >= 11 is 1.48. The number of benzene rings is 1. The van der Waals surface area contributed by atoms with Gasteiger partial charge in [-0.15, -0.1) is 24.5 Å². The van der Waals surface area contributed by atoms with Crippen LogP contribution in [0.3, 0.4) is 0 Å². The van der Waals surface area contributed by atoms with E-state index in [2.05, 4.69) is 9.72 Å². The van der Waals surface area contributed by atoms with Crippen LogP contribution in [0.4, 0.5) is 13.2 Å². The maximum absolute atomic E-state index is 12.0. The fourth-order valence-electron chi connectivity index (χ4n) is 1.51. The smallest absolute Gasteiger partial charge is 0.406 e. The highest BCUT2D eigenvalue weighted by Crippen LogP contribution is 2.27. The molecule has 102 valence electrons. The molecule has 1 heterocycles. The predicted molar refractivity (Wildman–Crippen MR) is 67.0 cm³/mol. The molecule has 0 spiro atoms. The van der Waals surface area contributed by atoms with E-state index in [-0.39, 0.29) is 5.75 Å². The van der Waals surface area contributed by atoms with E-state index in [9.17, 15) is 13.2 Å². The van der Waals surface area contributed by atoms with E-state index in [0.29, 0.717) is 13.0 Å². The third kappa shape index (κ3) is 3.93. The maximum atomic E-state index is 12.0. The lowest BCUT2D eigenvalue weighted by Gasteiger charge is -2.08. The quantitative estimate of drug-likeness (QED) is 0.939. The van der Waals surface area contributed by atoms with Crippen molar-refractivity contribution in [2.75, 3.05) is 6.54 Å². The summed E-state index contributed by atoms with van der Waals surface area (Å²) in [6.07, 6.45) is -3.98. The summed E-state index contributed by atoms with van der Waals surface area (Å²) in [7, 11) is 0. The number of hydrogen-bond donors (Lipinski definition) is 1. The van der Waals surface area contributed by atoms with Crippen molar-refractivity contribution >= 4 is 11.3 Å². The summed E-state index contributed by atoms with van der Waals surface area (Å²) < 4.78 is 39.8. The first-order valence-corrected chi connectivity index (χ1v) is 6.36. The van der Waals surface area contributed by atoms with E-state index < -0.39 is 6.36 Å². The van der Waals surface area contributed by atoms with Crippen LogP contribution in [0.25, 0.3) is 11.3 Å². The normalized spacial score (nSPS) is 11.6. The van der Waals surface area contributed by atoms with Crippen molar-refractivity contribution in [2.45, 2.75) is 12.8 Å². The molecule has 0 atom stereocenters. The second-order valence-corrected chi connectivity index (χ2v) is 4.68. The Morgan fingerprint density at radius 3 is 2.47 bits per heavy atom. The minimum atomic E-state index is -4.67. The molecule has 0 aliphatic carbocycles. The van der Waals surface area contributed by atoms with Crippen molar-refractivity contribution in [1.82, 2.24) is 4.98 Å². The van der Waals surface area contributed by atoms with Gasteiger partial charge in [-0.1, -0.05) is 0 Å². The number of halogens is 3. The van der Waals surface area contributed by atoms with Crippen LogP contribution in [0.2, 0.25) is 0 Å². The SMILES string of the molecule is NCCc1nc(-c2ccc(OC(F)(F)F)cc2)cs1. The molecule has 2 N–H and O–H groups in total. The second-order valence-electron chi connectivity index (χ2n) is 3.74. The van der Waals surface area contributed by atoms with Crippen LogP contribution < -0.4 is 10.5 Å². The molecular weight excluding hydrogens is 277 g/mol. The van der Waals surface area contributed by atoms with Gasteiger partial charge in [0.15, 0.2) is 0 Å². The minimum Gasteiger partial charge on any atom is -0.406 e. The van der Waals surface area contributed by atoms with Crippen molar-refractivity contribution in [3.63, 3.8) is 0 Å². The van der Waals surface area contributed by atoms with Gasteiger partial charge in [-0.3, -0.25) is 0 Å². The Hall–Kier alpha value is -1.60. The molecule has 0 fully saturated rings. The van der Waals surface area contributed by atoms with Gasteiger partial charge in [0.25, 0.3) is 0 Å². The highest BCUT2D eigenvalue weighted by Gasteiger charge is 2.30. The minimum absolute atomic E-state index is 0.242. The molecule has 0 radical (unpaired) electrons. The first kappa shape index (κ1) is 13.8. The molecule has 3 nitrogen and oxygen atoms in total. The van der Waals surface area contributed by atoms with E-state index in [1.165, 1.54) is 23.5 Å². The molecule has 19 heavy (non-hydrogen) atoms. The van der Waals surface area contributed by atoms with Crippen LogP contribution in [-0.4, -0.2) is 17.9 Å². The number of ether oxygens (including phenoxy) is 1. The van der Waals surface area contributed by atoms with Gasteiger partial charge in [0, 0.05) is 17.4 Å². The van der Waals surface area contributed by atoms with Gasteiger partial charge in [0.05, 0.1) is 10.7 Å². The first-order valence-electron chi connectivity index (χ1n) is 5.48. The Bertz CT molecular complexity index is 537. The number of alkyl halides is 3. The molecule has 2 rings (SSSR count). The largest absolute Gasteiger partial charge is 0.573 e. The molecule has 0 bridgehead atoms. The van der Waals surface area contributed by atoms with Crippen molar-refractivity contribution in [3.8, 4) is 17.0 Å². The number of rotatable bonds is 4. The Labute approximate surface area is 111 Å². The highest BCUT2D eigenvalue weighted by atomic mass is 32.1. The third-order valence-electron chi connectivity index (χ3n) is 2.29. The van der Waals surface area contributed by atoms with Gasteiger partial charge in [-0.2, -0.15) is 0 Å². The van der Waals surface area contributed by atoms with Crippen LogP contribution >= 0.6 is 11.3 Å². The van der Waals surface area contributed by atoms with Crippen molar-refractivity contribution < 1.29 is 17.9 Å².